The molecule has 0 spiro atoms. The standard InChI is InChI=1S/C18H18N2O2/c1-13(19-18(21)17-9-12-22-14(17)2)15-5-7-16(8-6-15)20-10-3-4-11-20/h3-13H,1-2H3,(H,19,21)/t13-/m0/s1. The Bertz CT molecular complexity index is 755. The van der Waals surface area contributed by atoms with Gasteiger partial charge in [0, 0.05) is 18.1 Å². The van der Waals surface area contributed by atoms with Gasteiger partial charge in [0.25, 0.3) is 5.91 Å². The number of carbonyl (C=O) groups is 1. The molecule has 0 aliphatic heterocycles. The molecule has 0 radical (unpaired) electrons. The minimum absolute atomic E-state index is 0.0690. The van der Waals surface area contributed by atoms with Gasteiger partial charge in [-0.1, -0.05) is 12.1 Å². The molecule has 0 fully saturated rings. The fourth-order valence-electron chi connectivity index (χ4n) is 2.42. The zero-order valence-corrected chi connectivity index (χ0v) is 12.6. The molecule has 3 rings (SSSR count). The number of furan rings is 1. The van der Waals surface area contributed by atoms with Gasteiger partial charge >= 0.3 is 0 Å². The van der Waals surface area contributed by atoms with Crippen molar-refractivity contribution in [2.75, 3.05) is 0 Å². The van der Waals surface area contributed by atoms with E-state index in [1.165, 1.54) is 6.26 Å². The molecule has 2 aromatic heterocycles. The molecule has 1 N–H and O–H groups in total. The maximum absolute atomic E-state index is 12.2. The Labute approximate surface area is 129 Å². The van der Waals surface area contributed by atoms with Crippen molar-refractivity contribution < 1.29 is 9.21 Å². The second-order valence-corrected chi connectivity index (χ2v) is 5.27. The van der Waals surface area contributed by atoms with E-state index >= 15 is 0 Å². The lowest BCUT2D eigenvalue weighted by molar-refractivity contribution is 0.0938. The van der Waals surface area contributed by atoms with E-state index in [1.54, 1.807) is 13.0 Å². The first-order valence-corrected chi connectivity index (χ1v) is 7.23. The summed E-state index contributed by atoms with van der Waals surface area (Å²) in [6, 6.07) is 13.7. The van der Waals surface area contributed by atoms with Crippen molar-refractivity contribution in [1.29, 1.82) is 0 Å². The molecular formula is C18H18N2O2. The fourth-order valence-corrected chi connectivity index (χ4v) is 2.42. The maximum atomic E-state index is 12.2. The van der Waals surface area contributed by atoms with E-state index in [0.29, 0.717) is 11.3 Å². The van der Waals surface area contributed by atoms with Gasteiger partial charge in [-0.2, -0.15) is 0 Å². The zero-order chi connectivity index (χ0) is 15.5. The lowest BCUT2D eigenvalue weighted by atomic mass is 10.1. The van der Waals surface area contributed by atoms with Crippen molar-refractivity contribution in [1.82, 2.24) is 9.88 Å². The highest BCUT2D eigenvalue weighted by Gasteiger charge is 2.15. The zero-order valence-electron chi connectivity index (χ0n) is 12.6. The number of nitrogens with one attached hydrogen (secondary N) is 1. The van der Waals surface area contributed by atoms with Crippen LogP contribution in [0.3, 0.4) is 0 Å². The summed E-state index contributed by atoms with van der Waals surface area (Å²) in [7, 11) is 0. The molecule has 0 unspecified atom stereocenters. The quantitative estimate of drug-likeness (QED) is 0.794. The lowest BCUT2D eigenvalue weighted by Crippen LogP contribution is -2.26. The number of hydrogen-bond donors (Lipinski definition) is 1. The minimum Gasteiger partial charge on any atom is -0.469 e. The van der Waals surface area contributed by atoms with E-state index in [4.69, 9.17) is 4.42 Å². The van der Waals surface area contributed by atoms with Crippen LogP contribution in [0.15, 0.2) is 65.5 Å². The van der Waals surface area contributed by atoms with Crippen LogP contribution in [0.5, 0.6) is 0 Å². The Morgan fingerprint density at radius 1 is 1.14 bits per heavy atom. The van der Waals surface area contributed by atoms with Crippen LogP contribution >= 0.6 is 0 Å². The molecule has 112 valence electrons. The van der Waals surface area contributed by atoms with Crippen LogP contribution in [-0.4, -0.2) is 10.5 Å². The van der Waals surface area contributed by atoms with E-state index < -0.39 is 0 Å². The van der Waals surface area contributed by atoms with Crippen molar-refractivity contribution in [3.05, 3.63) is 78.0 Å². The van der Waals surface area contributed by atoms with Crippen LogP contribution in [0, 0.1) is 6.92 Å². The lowest BCUT2D eigenvalue weighted by Gasteiger charge is -2.15. The van der Waals surface area contributed by atoms with Gasteiger partial charge in [0.1, 0.15) is 5.76 Å². The van der Waals surface area contributed by atoms with Crippen LogP contribution in [0.1, 0.15) is 34.6 Å². The molecule has 3 aromatic rings. The minimum atomic E-state index is -0.117. The fraction of sp³-hybridized carbons (Fsp3) is 0.167. The summed E-state index contributed by atoms with van der Waals surface area (Å²) in [5.41, 5.74) is 2.74. The molecule has 0 saturated heterocycles. The number of benzene rings is 1. The van der Waals surface area contributed by atoms with Gasteiger partial charge in [-0.3, -0.25) is 4.79 Å². The van der Waals surface area contributed by atoms with Gasteiger partial charge in [-0.05, 0) is 49.7 Å². The van der Waals surface area contributed by atoms with Crippen molar-refractivity contribution in [3.8, 4) is 5.69 Å². The summed E-state index contributed by atoms with van der Waals surface area (Å²) < 4.78 is 7.21. The summed E-state index contributed by atoms with van der Waals surface area (Å²) in [6.45, 7) is 3.75. The largest absolute Gasteiger partial charge is 0.469 e. The Hall–Kier alpha value is -2.75. The van der Waals surface area contributed by atoms with Crippen molar-refractivity contribution in [2.24, 2.45) is 0 Å². The van der Waals surface area contributed by atoms with Crippen molar-refractivity contribution >= 4 is 5.91 Å². The number of amides is 1. The highest BCUT2D eigenvalue weighted by molar-refractivity contribution is 5.95. The molecule has 2 heterocycles. The van der Waals surface area contributed by atoms with Crippen molar-refractivity contribution in [3.63, 3.8) is 0 Å². The normalized spacial score (nSPS) is 12.1. The molecule has 1 aromatic carbocycles. The van der Waals surface area contributed by atoms with Gasteiger partial charge in [0.05, 0.1) is 17.9 Å². The number of rotatable bonds is 4. The molecule has 22 heavy (non-hydrogen) atoms. The predicted octanol–water partition coefficient (Wildman–Crippen LogP) is 3.87. The predicted molar refractivity (Wildman–Crippen MR) is 85.1 cm³/mol. The van der Waals surface area contributed by atoms with Crippen LogP contribution in [-0.2, 0) is 0 Å². The van der Waals surface area contributed by atoms with E-state index in [-0.39, 0.29) is 11.9 Å². The average molecular weight is 294 g/mol. The van der Waals surface area contributed by atoms with E-state index in [0.717, 1.165) is 11.3 Å². The molecule has 0 bridgehead atoms. The van der Waals surface area contributed by atoms with E-state index in [2.05, 4.69) is 5.32 Å². The summed E-state index contributed by atoms with van der Waals surface area (Å²) >= 11 is 0. The Kier molecular flexibility index (Phi) is 3.83. The third kappa shape index (κ3) is 2.81. The molecule has 0 aliphatic carbocycles. The number of hydrogen-bond acceptors (Lipinski definition) is 2. The SMILES string of the molecule is Cc1occc1C(=O)N[C@@H](C)c1ccc(-n2cccc2)cc1. The summed E-state index contributed by atoms with van der Waals surface area (Å²) in [6.07, 6.45) is 5.53. The molecule has 0 saturated carbocycles. The van der Waals surface area contributed by atoms with Crippen molar-refractivity contribution in [2.45, 2.75) is 19.9 Å². The highest BCUT2D eigenvalue weighted by Crippen LogP contribution is 2.17. The Morgan fingerprint density at radius 2 is 1.82 bits per heavy atom. The third-order valence-electron chi connectivity index (χ3n) is 3.75. The number of nitrogens with zero attached hydrogens (tertiary/aromatic N) is 1. The first-order chi connectivity index (χ1) is 10.6. The average Bonchev–Trinajstić information content (AvgIpc) is 3.18. The van der Waals surface area contributed by atoms with Gasteiger partial charge in [0.15, 0.2) is 0 Å². The van der Waals surface area contributed by atoms with Gasteiger partial charge in [-0.25, -0.2) is 0 Å². The molecule has 1 amide bonds. The van der Waals surface area contributed by atoms with Gasteiger partial charge in [-0.15, -0.1) is 0 Å². The Morgan fingerprint density at radius 3 is 2.41 bits per heavy atom. The second kappa shape index (κ2) is 5.93. The summed E-state index contributed by atoms with van der Waals surface area (Å²) in [5, 5.41) is 2.99. The first-order valence-electron chi connectivity index (χ1n) is 7.23. The number of aryl methyl sites for hydroxylation is 1. The smallest absolute Gasteiger partial charge is 0.255 e. The molecule has 0 aliphatic rings. The second-order valence-electron chi connectivity index (χ2n) is 5.27. The van der Waals surface area contributed by atoms with Crippen LogP contribution in [0.25, 0.3) is 5.69 Å². The molecule has 4 nitrogen and oxygen atoms in total. The molecular weight excluding hydrogens is 276 g/mol. The first kappa shape index (κ1) is 14.2. The third-order valence-corrected chi connectivity index (χ3v) is 3.75. The summed E-state index contributed by atoms with van der Waals surface area (Å²) in [4.78, 5) is 12.2. The van der Waals surface area contributed by atoms with Crippen LogP contribution in [0.2, 0.25) is 0 Å². The molecule has 4 heteroatoms. The topological polar surface area (TPSA) is 47.2 Å². The van der Waals surface area contributed by atoms with E-state index in [9.17, 15) is 4.79 Å². The monoisotopic (exact) mass is 294 g/mol. The van der Waals surface area contributed by atoms with Crippen LogP contribution in [0.4, 0.5) is 0 Å². The number of aromatic nitrogens is 1. The van der Waals surface area contributed by atoms with Gasteiger partial charge in [0.2, 0.25) is 0 Å². The summed E-state index contributed by atoms with van der Waals surface area (Å²) in [5.74, 6) is 0.515. The molecule has 1 atom stereocenters. The van der Waals surface area contributed by atoms with Gasteiger partial charge < -0.3 is 14.3 Å². The Balaban J connectivity index is 1.71. The highest BCUT2D eigenvalue weighted by atomic mass is 16.3. The number of carbonyl (C=O) groups excluding carboxylic acids is 1. The van der Waals surface area contributed by atoms with Crippen LogP contribution < -0.4 is 5.32 Å². The maximum Gasteiger partial charge on any atom is 0.255 e. The van der Waals surface area contributed by atoms with E-state index in [1.807, 2.05) is 60.3 Å².